The number of likely N-dealkylation sites (tertiary alicyclic amines) is 1. The highest BCUT2D eigenvalue weighted by molar-refractivity contribution is 7.13. The molecule has 3 unspecified atom stereocenters. The van der Waals surface area contributed by atoms with E-state index in [1.165, 1.54) is 11.0 Å². The summed E-state index contributed by atoms with van der Waals surface area (Å²) in [4.78, 5) is 58.6. The largest absolute Gasteiger partial charge is 0.490 e. The monoisotopic (exact) mass is 772 g/mol. The normalized spacial score (nSPS) is 17.6. The van der Waals surface area contributed by atoms with Gasteiger partial charge >= 0.3 is 0 Å². The molecule has 4 rings (SSSR count). The molecule has 15 heteroatoms. The lowest BCUT2D eigenvalue weighted by Gasteiger charge is -2.35. The van der Waals surface area contributed by atoms with Gasteiger partial charge in [0.15, 0.2) is 0 Å². The number of rotatable bonds is 16. The Bertz CT molecular complexity index is 1770. The molecule has 0 bridgehead atoms. The van der Waals surface area contributed by atoms with Crippen LogP contribution in [0.5, 0.6) is 5.75 Å². The van der Waals surface area contributed by atoms with Gasteiger partial charge in [0.05, 0.1) is 33.3 Å². The average Bonchev–Trinajstić information content (AvgIpc) is 3.71. The fourth-order valence-corrected chi connectivity index (χ4v) is 7.27. The van der Waals surface area contributed by atoms with Crippen molar-refractivity contribution in [3.05, 3.63) is 69.6 Å². The van der Waals surface area contributed by atoms with E-state index >= 15 is 0 Å². The van der Waals surface area contributed by atoms with Crippen LogP contribution >= 0.6 is 22.9 Å². The number of carbonyl (C=O) groups is 4. The Morgan fingerprint density at radius 3 is 2.47 bits per heavy atom. The third kappa shape index (κ3) is 11.4. The fraction of sp³-hybridized carbons (Fsp3) is 0.500. The molecule has 4 amide bonds. The van der Waals surface area contributed by atoms with Crippen molar-refractivity contribution >= 4 is 46.6 Å². The number of aromatic nitrogens is 1. The molecule has 3 aromatic rings. The summed E-state index contributed by atoms with van der Waals surface area (Å²) in [6.45, 7) is 9.20. The number of aryl methyl sites for hydroxylation is 2. The maximum atomic E-state index is 14.5. The Morgan fingerprint density at radius 2 is 1.85 bits per heavy atom. The predicted octanol–water partition coefficient (Wildman–Crippen LogP) is 4.58. The third-order valence-electron chi connectivity index (χ3n) is 9.20. The molecule has 1 aliphatic rings. The maximum Gasteiger partial charge on any atom is 0.246 e. The van der Waals surface area contributed by atoms with Gasteiger partial charge in [-0.2, -0.15) is 0 Å². The van der Waals surface area contributed by atoms with E-state index in [1.807, 2.05) is 58.9 Å². The van der Waals surface area contributed by atoms with Crippen molar-refractivity contribution in [3.8, 4) is 16.2 Å². The molecule has 1 aromatic heterocycles. The lowest BCUT2D eigenvalue weighted by molar-refractivity contribution is -0.144. The Kier molecular flexibility index (Phi) is 14.4. The first-order chi connectivity index (χ1) is 24.9. The lowest BCUT2D eigenvalue weighted by atomic mass is 9.85. The van der Waals surface area contributed by atoms with Crippen molar-refractivity contribution in [1.82, 2.24) is 20.5 Å². The molecular weight excluding hydrogens is 723 g/mol. The molecule has 7 N–H and O–H groups in total. The number of nitrogens with two attached hydrogens (primary N) is 2. The molecule has 0 spiro atoms. The van der Waals surface area contributed by atoms with Crippen molar-refractivity contribution in [2.24, 2.45) is 16.9 Å². The number of nitrogens with one attached hydrogen (secondary N) is 2. The second kappa shape index (κ2) is 18.3. The van der Waals surface area contributed by atoms with Gasteiger partial charge in [0.2, 0.25) is 23.6 Å². The van der Waals surface area contributed by atoms with Crippen LogP contribution in [0.2, 0.25) is 5.02 Å². The molecule has 5 atom stereocenters. The minimum atomic E-state index is -0.993. The Hall–Kier alpha value is -4.11. The molecular formula is C38H50ClFN6O6S. The van der Waals surface area contributed by atoms with Gasteiger partial charge in [-0.1, -0.05) is 56.6 Å². The van der Waals surface area contributed by atoms with Crippen molar-refractivity contribution < 1.29 is 33.4 Å². The topological polar surface area (TPSA) is 190 Å². The number of halogens is 2. The van der Waals surface area contributed by atoms with Gasteiger partial charge in [-0.25, -0.2) is 9.37 Å². The van der Waals surface area contributed by atoms with Gasteiger partial charge in [-0.15, -0.1) is 11.3 Å². The first kappa shape index (κ1) is 41.6. The van der Waals surface area contributed by atoms with E-state index < -0.39 is 59.1 Å². The summed E-state index contributed by atoms with van der Waals surface area (Å²) in [7, 11) is 0. The second-order valence-electron chi connectivity index (χ2n) is 14.7. The number of hydrogen-bond donors (Lipinski definition) is 5. The molecule has 0 aliphatic carbocycles. The first-order valence-electron chi connectivity index (χ1n) is 17.7. The summed E-state index contributed by atoms with van der Waals surface area (Å²) in [5, 5.41) is 16.6. The van der Waals surface area contributed by atoms with Crippen LogP contribution in [0.15, 0.2) is 41.9 Å². The van der Waals surface area contributed by atoms with Crippen LogP contribution in [0.25, 0.3) is 10.4 Å². The predicted molar refractivity (Wildman–Crippen MR) is 203 cm³/mol. The van der Waals surface area contributed by atoms with Gasteiger partial charge < -0.3 is 36.8 Å². The number of hydrogen-bond acceptors (Lipinski definition) is 9. The van der Waals surface area contributed by atoms with E-state index in [4.69, 9.17) is 27.8 Å². The van der Waals surface area contributed by atoms with Gasteiger partial charge in [0.25, 0.3) is 0 Å². The molecule has 1 aliphatic heterocycles. The average molecular weight is 773 g/mol. The minimum Gasteiger partial charge on any atom is -0.490 e. The van der Waals surface area contributed by atoms with Crippen LogP contribution in [0.3, 0.4) is 0 Å². The quantitative estimate of drug-likeness (QED) is 0.140. The number of β-amino-alcohol motifs (C(OH)–C–C–N with tert-alkyl or cyclic N) is 1. The molecule has 288 valence electrons. The molecule has 0 radical (unpaired) electrons. The Balaban J connectivity index is 1.35. The van der Waals surface area contributed by atoms with Crippen molar-refractivity contribution in [2.75, 3.05) is 13.2 Å². The molecule has 0 saturated carbocycles. The van der Waals surface area contributed by atoms with Gasteiger partial charge in [0.1, 0.15) is 30.3 Å². The van der Waals surface area contributed by atoms with Gasteiger partial charge in [0, 0.05) is 37.9 Å². The molecule has 2 aromatic carbocycles. The Morgan fingerprint density at radius 1 is 1.15 bits per heavy atom. The number of thiazole rings is 1. The van der Waals surface area contributed by atoms with E-state index in [-0.39, 0.29) is 62.1 Å². The SMILES string of the molecule is Cc1ncsc1-c1ccc(C(C)NC(=O)[C@@H]2C[C@@H](O)CN2C(=O)C(NC(=O)CCCc2cc(F)cc(OCC(N)CCC(N)=O)c2Cl)C(C)(C)C)cc1. The van der Waals surface area contributed by atoms with Crippen LogP contribution in [-0.2, 0) is 25.6 Å². The highest BCUT2D eigenvalue weighted by atomic mass is 35.5. The number of amides is 4. The van der Waals surface area contributed by atoms with E-state index in [0.717, 1.165) is 27.8 Å². The number of ether oxygens (including phenoxy) is 1. The number of aliphatic hydroxyl groups excluding tert-OH is 1. The number of aliphatic hydroxyl groups is 1. The zero-order valence-corrected chi connectivity index (χ0v) is 32.4. The van der Waals surface area contributed by atoms with E-state index in [2.05, 4.69) is 15.6 Å². The summed E-state index contributed by atoms with van der Waals surface area (Å²) < 4.78 is 20.1. The van der Waals surface area contributed by atoms with E-state index in [9.17, 15) is 28.7 Å². The third-order valence-corrected chi connectivity index (χ3v) is 10.6. The fourth-order valence-electron chi connectivity index (χ4n) is 6.20. The standard InChI is InChI=1S/C38H50ClFN6O6S/c1-21(23-9-11-24(12-10-23)34-22(2)43-20-53-34)44-36(50)29-17-28(47)18-46(29)37(51)35(38(3,4)5)45-32(49)8-6-7-25-15-26(40)16-30(33(25)39)52-19-27(41)13-14-31(42)48/h9-12,15-16,20-21,27-29,35,47H,6-8,13-14,17-19,41H2,1-5H3,(H2,42,48)(H,44,50)(H,45,49)/t21?,27?,28-,29+,35?/m1/s1. The summed E-state index contributed by atoms with van der Waals surface area (Å²) in [6, 6.07) is 7.47. The zero-order valence-electron chi connectivity index (χ0n) is 30.8. The van der Waals surface area contributed by atoms with Crippen LogP contribution in [-0.4, -0.2) is 76.0 Å². The Labute approximate surface area is 318 Å². The van der Waals surface area contributed by atoms with Crippen LogP contribution < -0.4 is 26.8 Å². The molecule has 12 nitrogen and oxygen atoms in total. The summed E-state index contributed by atoms with van der Waals surface area (Å²) in [5.41, 5.74) is 15.5. The number of nitrogens with zero attached hydrogens (tertiary/aromatic N) is 2. The highest BCUT2D eigenvalue weighted by Crippen LogP contribution is 2.32. The highest BCUT2D eigenvalue weighted by Gasteiger charge is 2.44. The maximum absolute atomic E-state index is 14.5. The summed E-state index contributed by atoms with van der Waals surface area (Å²) >= 11 is 8.06. The lowest BCUT2D eigenvalue weighted by Crippen LogP contribution is -2.57. The van der Waals surface area contributed by atoms with E-state index in [1.54, 1.807) is 16.8 Å². The van der Waals surface area contributed by atoms with Crippen molar-refractivity contribution in [3.63, 3.8) is 0 Å². The molecule has 53 heavy (non-hydrogen) atoms. The van der Waals surface area contributed by atoms with Crippen LogP contribution in [0.4, 0.5) is 4.39 Å². The zero-order chi connectivity index (χ0) is 39.0. The van der Waals surface area contributed by atoms with Gasteiger partial charge in [-0.05, 0) is 61.3 Å². The summed E-state index contributed by atoms with van der Waals surface area (Å²) in [6.07, 6.45) is 0.0973. The molecule has 1 fully saturated rings. The molecule has 1 saturated heterocycles. The van der Waals surface area contributed by atoms with Crippen molar-refractivity contribution in [1.29, 1.82) is 0 Å². The smallest absolute Gasteiger partial charge is 0.246 e. The second-order valence-corrected chi connectivity index (χ2v) is 15.9. The van der Waals surface area contributed by atoms with E-state index in [0.29, 0.717) is 12.0 Å². The number of benzene rings is 2. The number of carbonyl (C=O) groups excluding carboxylic acids is 4. The van der Waals surface area contributed by atoms with Crippen LogP contribution in [0, 0.1) is 18.2 Å². The minimum absolute atomic E-state index is 0.00176. The number of primary amides is 1. The van der Waals surface area contributed by atoms with Gasteiger partial charge in [-0.3, -0.25) is 19.2 Å². The molecule has 2 heterocycles. The van der Waals surface area contributed by atoms with Crippen molar-refractivity contribution in [2.45, 2.75) is 103 Å². The first-order valence-corrected chi connectivity index (χ1v) is 18.9. The van der Waals surface area contributed by atoms with Crippen LogP contribution in [0.1, 0.15) is 82.7 Å². The summed E-state index contributed by atoms with van der Waals surface area (Å²) in [5.74, 6) is -2.24.